The molecule has 16 heavy (non-hydrogen) atoms. The van der Waals surface area contributed by atoms with Gasteiger partial charge in [-0.15, -0.1) is 0 Å². The van der Waals surface area contributed by atoms with Crippen LogP contribution in [0.5, 0.6) is 0 Å². The first-order valence-electron chi connectivity index (χ1n) is 6.39. The number of fused-ring (bicyclic) bond motifs is 1. The standard InChI is InChI=1S/C14H20N2/c15-13-6-3-7-14(8-13)16-9-11-4-1-2-5-12(11)10-16/h1-2,4-5,13-14H,3,6-10,15H2/t13-,14+/m1/s1. The van der Waals surface area contributed by atoms with Crippen molar-refractivity contribution < 1.29 is 0 Å². The van der Waals surface area contributed by atoms with Crippen molar-refractivity contribution >= 4 is 0 Å². The minimum absolute atomic E-state index is 0.433. The van der Waals surface area contributed by atoms with Crippen molar-refractivity contribution in [1.29, 1.82) is 0 Å². The van der Waals surface area contributed by atoms with Crippen LogP contribution in [0.25, 0.3) is 0 Å². The van der Waals surface area contributed by atoms with Gasteiger partial charge in [0.25, 0.3) is 0 Å². The molecule has 0 spiro atoms. The topological polar surface area (TPSA) is 29.3 Å². The second kappa shape index (κ2) is 4.19. The van der Waals surface area contributed by atoms with Gasteiger partial charge in [-0.25, -0.2) is 0 Å². The molecule has 2 N–H and O–H groups in total. The molecule has 0 amide bonds. The first-order valence-corrected chi connectivity index (χ1v) is 6.39. The fourth-order valence-electron chi connectivity index (χ4n) is 3.15. The van der Waals surface area contributed by atoms with Gasteiger partial charge in [0.15, 0.2) is 0 Å². The molecule has 2 nitrogen and oxygen atoms in total. The summed E-state index contributed by atoms with van der Waals surface area (Å²) in [5.41, 5.74) is 9.10. The monoisotopic (exact) mass is 216 g/mol. The molecule has 1 aromatic carbocycles. The fourth-order valence-corrected chi connectivity index (χ4v) is 3.15. The van der Waals surface area contributed by atoms with Gasteiger partial charge in [-0.05, 0) is 30.4 Å². The molecule has 2 aliphatic rings. The van der Waals surface area contributed by atoms with Crippen LogP contribution in [0.1, 0.15) is 36.8 Å². The maximum atomic E-state index is 6.07. The van der Waals surface area contributed by atoms with E-state index < -0.39 is 0 Å². The molecule has 2 atom stereocenters. The summed E-state index contributed by atoms with van der Waals surface area (Å²) in [6, 6.07) is 9.97. The molecule has 1 aromatic rings. The van der Waals surface area contributed by atoms with Crippen molar-refractivity contribution in [2.24, 2.45) is 5.73 Å². The van der Waals surface area contributed by atoms with Crippen molar-refractivity contribution in [1.82, 2.24) is 4.90 Å². The fraction of sp³-hybridized carbons (Fsp3) is 0.571. The highest BCUT2D eigenvalue weighted by Crippen LogP contribution is 2.30. The quantitative estimate of drug-likeness (QED) is 0.780. The zero-order chi connectivity index (χ0) is 11.0. The lowest BCUT2D eigenvalue weighted by atomic mass is 9.91. The summed E-state index contributed by atoms with van der Waals surface area (Å²) in [5, 5.41) is 0. The molecule has 0 aromatic heterocycles. The average molecular weight is 216 g/mol. The van der Waals surface area contributed by atoms with Crippen LogP contribution in [-0.4, -0.2) is 17.0 Å². The number of benzene rings is 1. The van der Waals surface area contributed by atoms with Gasteiger partial charge in [-0.2, -0.15) is 0 Å². The molecular weight excluding hydrogens is 196 g/mol. The van der Waals surface area contributed by atoms with Crippen LogP contribution in [-0.2, 0) is 13.1 Å². The number of hydrogen-bond acceptors (Lipinski definition) is 2. The third kappa shape index (κ3) is 1.87. The van der Waals surface area contributed by atoms with Gasteiger partial charge in [0.1, 0.15) is 0 Å². The van der Waals surface area contributed by atoms with Crippen LogP contribution < -0.4 is 5.73 Å². The van der Waals surface area contributed by atoms with E-state index in [2.05, 4.69) is 29.2 Å². The summed E-state index contributed by atoms with van der Waals surface area (Å²) >= 11 is 0. The Kier molecular flexibility index (Phi) is 2.70. The maximum absolute atomic E-state index is 6.07. The molecule has 1 aliphatic carbocycles. The van der Waals surface area contributed by atoms with E-state index in [1.54, 1.807) is 0 Å². The van der Waals surface area contributed by atoms with E-state index in [0.717, 1.165) is 19.1 Å². The van der Waals surface area contributed by atoms with Crippen molar-refractivity contribution in [3.63, 3.8) is 0 Å². The predicted molar refractivity (Wildman–Crippen MR) is 65.9 cm³/mol. The van der Waals surface area contributed by atoms with Gasteiger partial charge in [-0.1, -0.05) is 30.7 Å². The lowest BCUT2D eigenvalue weighted by molar-refractivity contribution is 0.147. The van der Waals surface area contributed by atoms with E-state index >= 15 is 0 Å². The minimum Gasteiger partial charge on any atom is -0.328 e. The number of nitrogens with zero attached hydrogens (tertiary/aromatic N) is 1. The van der Waals surface area contributed by atoms with E-state index in [1.165, 1.54) is 36.8 Å². The van der Waals surface area contributed by atoms with E-state index in [1.807, 2.05) is 0 Å². The summed E-state index contributed by atoms with van der Waals surface area (Å²) in [6.07, 6.45) is 5.05. The molecule has 3 rings (SSSR count). The SMILES string of the molecule is N[C@@H]1CCC[C@H](N2Cc3ccccc3C2)C1. The summed E-state index contributed by atoms with van der Waals surface area (Å²) in [5.74, 6) is 0. The Hall–Kier alpha value is -0.860. The zero-order valence-corrected chi connectivity index (χ0v) is 9.73. The molecular formula is C14H20N2. The van der Waals surface area contributed by atoms with Crippen LogP contribution >= 0.6 is 0 Å². The Bertz CT molecular complexity index is 350. The Balaban J connectivity index is 1.71. The number of hydrogen-bond donors (Lipinski definition) is 1. The molecule has 0 bridgehead atoms. The van der Waals surface area contributed by atoms with E-state index in [4.69, 9.17) is 5.73 Å². The lowest BCUT2D eigenvalue weighted by Gasteiger charge is -2.33. The number of nitrogens with two attached hydrogens (primary N) is 1. The molecule has 2 heteroatoms. The first-order chi connectivity index (χ1) is 7.83. The van der Waals surface area contributed by atoms with Crippen molar-refractivity contribution in [3.8, 4) is 0 Å². The van der Waals surface area contributed by atoms with Crippen molar-refractivity contribution in [3.05, 3.63) is 35.4 Å². The van der Waals surface area contributed by atoms with Gasteiger partial charge in [0, 0.05) is 25.2 Å². The highest BCUT2D eigenvalue weighted by Gasteiger charge is 2.28. The highest BCUT2D eigenvalue weighted by molar-refractivity contribution is 5.30. The maximum Gasteiger partial charge on any atom is 0.0243 e. The predicted octanol–water partition coefficient (Wildman–Crippen LogP) is 2.27. The molecule has 1 heterocycles. The number of rotatable bonds is 1. The molecule has 1 fully saturated rings. The Morgan fingerprint density at radius 2 is 1.75 bits per heavy atom. The van der Waals surface area contributed by atoms with Crippen molar-refractivity contribution in [2.45, 2.75) is 50.9 Å². The van der Waals surface area contributed by atoms with Gasteiger partial charge >= 0.3 is 0 Å². The van der Waals surface area contributed by atoms with Crippen LogP contribution in [0, 0.1) is 0 Å². The minimum atomic E-state index is 0.433. The van der Waals surface area contributed by atoms with E-state index in [9.17, 15) is 0 Å². The summed E-state index contributed by atoms with van der Waals surface area (Å²) in [6.45, 7) is 2.26. The van der Waals surface area contributed by atoms with E-state index in [-0.39, 0.29) is 0 Å². The second-order valence-corrected chi connectivity index (χ2v) is 5.25. The van der Waals surface area contributed by atoms with Crippen LogP contribution in [0.4, 0.5) is 0 Å². The van der Waals surface area contributed by atoms with Crippen LogP contribution in [0.15, 0.2) is 24.3 Å². The van der Waals surface area contributed by atoms with Gasteiger partial charge < -0.3 is 5.73 Å². The average Bonchev–Trinajstić information content (AvgIpc) is 2.72. The van der Waals surface area contributed by atoms with Crippen LogP contribution in [0.2, 0.25) is 0 Å². The van der Waals surface area contributed by atoms with Crippen LogP contribution in [0.3, 0.4) is 0 Å². The smallest absolute Gasteiger partial charge is 0.0243 e. The Labute approximate surface area is 97.4 Å². The third-order valence-corrected chi connectivity index (χ3v) is 4.07. The first kappa shape index (κ1) is 10.3. The molecule has 1 aliphatic heterocycles. The van der Waals surface area contributed by atoms with Gasteiger partial charge in [0.05, 0.1) is 0 Å². The van der Waals surface area contributed by atoms with E-state index in [0.29, 0.717) is 6.04 Å². The molecule has 0 radical (unpaired) electrons. The highest BCUT2D eigenvalue weighted by atomic mass is 15.2. The lowest BCUT2D eigenvalue weighted by Crippen LogP contribution is -2.39. The Morgan fingerprint density at radius 3 is 2.38 bits per heavy atom. The Morgan fingerprint density at radius 1 is 1.06 bits per heavy atom. The van der Waals surface area contributed by atoms with Crippen molar-refractivity contribution in [2.75, 3.05) is 0 Å². The summed E-state index contributed by atoms with van der Waals surface area (Å²) < 4.78 is 0. The molecule has 0 unspecified atom stereocenters. The molecule has 0 saturated heterocycles. The second-order valence-electron chi connectivity index (χ2n) is 5.25. The third-order valence-electron chi connectivity index (χ3n) is 4.07. The zero-order valence-electron chi connectivity index (χ0n) is 9.73. The normalized spacial score (nSPS) is 30.3. The van der Waals surface area contributed by atoms with Gasteiger partial charge in [-0.3, -0.25) is 4.90 Å². The summed E-state index contributed by atoms with van der Waals surface area (Å²) in [4.78, 5) is 2.61. The largest absolute Gasteiger partial charge is 0.328 e. The molecule has 86 valence electrons. The van der Waals surface area contributed by atoms with Gasteiger partial charge in [0.2, 0.25) is 0 Å². The summed E-state index contributed by atoms with van der Waals surface area (Å²) in [7, 11) is 0. The molecule has 1 saturated carbocycles.